The molecule has 20 heavy (non-hydrogen) atoms. The van der Waals surface area contributed by atoms with Crippen molar-refractivity contribution in [1.29, 1.82) is 0 Å². The average molecular weight is 284 g/mol. The molecule has 1 heterocycles. The van der Waals surface area contributed by atoms with Crippen LogP contribution in [0.3, 0.4) is 0 Å². The van der Waals surface area contributed by atoms with E-state index < -0.39 is 5.97 Å². The molecule has 1 rings (SSSR count). The van der Waals surface area contributed by atoms with Gasteiger partial charge in [0.15, 0.2) is 0 Å². The molecule has 0 aromatic rings. The van der Waals surface area contributed by atoms with Gasteiger partial charge in [0.05, 0.1) is 11.8 Å². The van der Waals surface area contributed by atoms with E-state index in [4.69, 9.17) is 5.11 Å². The lowest BCUT2D eigenvalue weighted by atomic mass is 9.75. The minimum absolute atomic E-state index is 0.0164. The average Bonchev–Trinajstić information content (AvgIpc) is 2.37. The Morgan fingerprint density at radius 3 is 2.25 bits per heavy atom. The Balaban J connectivity index is 2.81. The third-order valence-corrected chi connectivity index (χ3v) is 4.45. The van der Waals surface area contributed by atoms with Crippen molar-refractivity contribution in [2.45, 2.75) is 59.4 Å². The van der Waals surface area contributed by atoms with Crippen LogP contribution in [0.5, 0.6) is 0 Å². The quantitative estimate of drug-likeness (QED) is 0.719. The fraction of sp³-hybridized carbons (Fsp3) is 0.867. The summed E-state index contributed by atoms with van der Waals surface area (Å²) in [6, 6.07) is -0.342. The van der Waals surface area contributed by atoms with Crippen molar-refractivity contribution in [3.05, 3.63) is 0 Å². The van der Waals surface area contributed by atoms with Crippen LogP contribution >= 0.6 is 0 Å². The number of amides is 1. The van der Waals surface area contributed by atoms with E-state index in [0.29, 0.717) is 0 Å². The lowest BCUT2D eigenvalue weighted by Crippen LogP contribution is -2.53. The van der Waals surface area contributed by atoms with Crippen LogP contribution in [-0.2, 0) is 9.59 Å². The Bertz CT molecular complexity index is 355. The van der Waals surface area contributed by atoms with Crippen LogP contribution in [-0.4, -0.2) is 36.1 Å². The molecule has 0 saturated carbocycles. The molecule has 0 aliphatic carbocycles. The van der Waals surface area contributed by atoms with Crippen molar-refractivity contribution in [2.75, 3.05) is 13.1 Å². The van der Waals surface area contributed by atoms with Crippen molar-refractivity contribution in [2.24, 2.45) is 10.8 Å². The molecule has 0 radical (unpaired) electrons. The van der Waals surface area contributed by atoms with Gasteiger partial charge in [-0.25, -0.2) is 0 Å². The van der Waals surface area contributed by atoms with E-state index in [9.17, 15) is 9.59 Å². The minimum atomic E-state index is -0.874. The number of carbonyl (C=O) groups excluding carboxylic acids is 1. The van der Waals surface area contributed by atoms with E-state index in [-0.39, 0.29) is 29.2 Å². The predicted octanol–water partition coefficient (Wildman–Crippen LogP) is 1.77. The molecule has 1 saturated heterocycles. The van der Waals surface area contributed by atoms with Gasteiger partial charge in [0, 0.05) is 6.04 Å². The number of piperidine rings is 1. The highest BCUT2D eigenvalue weighted by molar-refractivity contribution is 5.83. The van der Waals surface area contributed by atoms with Gasteiger partial charge in [0.25, 0.3) is 0 Å². The molecule has 3 N–H and O–H groups in total. The summed E-state index contributed by atoms with van der Waals surface area (Å²) in [7, 11) is 0. The summed E-state index contributed by atoms with van der Waals surface area (Å²) in [6.45, 7) is 9.61. The summed E-state index contributed by atoms with van der Waals surface area (Å²) in [5.41, 5.74) is -0.608. The maximum absolute atomic E-state index is 12.7. The Morgan fingerprint density at radius 1 is 1.30 bits per heavy atom. The summed E-state index contributed by atoms with van der Waals surface area (Å²) in [4.78, 5) is 23.7. The van der Waals surface area contributed by atoms with Crippen LogP contribution < -0.4 is 10.6 Å². The van der Waals surface area contributed by atoms with Gasteiger partial charge in [-0.05, 0) is 37.8 Å². The topological polar surface area (TPSA) is 78.4 Å². The van der Waals surface area contributed by atoms with Gasteiger partial charge in [-0.2, -0.15) is 0 Å². The van der Waals surface area contributed by atoms with Gasteiger partial charge in [0.1, 0.15) is 0 Å². The first kappa shape index (κ1) is 17.0. The van der Waals surface area contributed by atoms with Crippen LogP contribution in [0.1, 0.15) is 53.4 Å². The highest BCUT2D eigenvalue weighted by Gasteiger charge is 2.40. The largest absolute Gasteiger partial charge is 0.481 e. The lowest BCUT2D eigenvalue weighted by molar-refractivity contribution is -0.139. The normalized spacial score (nSPS) is 20.2. The molecule has 1 aliphatic rings. The van der Waals surface area contributed by atoms with Gasteiger partial charge in [-0.3, -0.25) is 9.59 Å². The summed E-state index contributed by atoms with van der Waals surface area (Å²) in [6.07, 6.45) is 2.40. The number of carboxylic acids is 1. The van der Waals surface area contributed by atoms with Crippen molar-refractivity contribution in [3.8, 4) is 0 Å². The number of carboxylic acid groups (broad SMARTS) is 1. The van der Waals surface area contributed by atoms with Crippen LogP contribution in [0.15, 0.2) is 0 Å². The Hall–Kier alpha value is -1.10. The summed E-state index contributed by atoms with van der Waals surface area (Å²) in [5, 5.41) is 15.3. The molecular weight excluding hydrogens is 256 g/mol. The number of carbonyl (C=O) groups is 2. The molecule has 0 spiro atoms. The van der Waals surface area contributed by atoms with Crippen molar-refractivity contribution in [1.82, 2.24) is 10.6 Å². The molecule has 1 aliphatic heterocycles. The number of hydrogen-bond acceptors (Lipinski definition) is 3. The standard InChI is InChI=1S/C15H28N2O3/c1-5-15(6-8-16-9-7-15)13(20)17-11(10-12(18)19)14(2,3)4/h11,16H,5-10H2,1-4H3,(H,17,20)(H,18,19). The summed E-state index contributed by atoms with van der Waals surface area (Å²) in [5.74, 6) is -0.858. The Kier molecular flexibility index (Phi) is 5.57. The smallest absolute Gasteiger partial charge is 0.305 e. The molecular formula is C15H28N2O3. The molecule has 116 valence electrons. The van der Waals surface area contributed by atoms with E-state index in [1.165, 1.54) is 0 Å². The van der Waals surface area contributed by atoms with Crippen molar-refractivity contribution >= 4 is 11.9 Å². The minimum Gasteiger partial charge on any atom is -0.481 e. The van der Waals surface area contributed by atoms with Gasteiger partial charge >= 0.3 is 5.97 Å². The molecule has 5 nitrogen and oxygen atoms in total. The van der Waals surface area contributed by atoms with Crippen LogP contribution in [0.4, 0.5) is 0 Å². The molecule has 0 aromatic carbocycles. The van der Waals surface area contributed by atoms with Crippen LogP contribution in [0.2, 0.25) is 0 Å². The Morgan fingerprint density at radius 2 is 1.85 bits per heavy atom. The molecule has 1 atom stereocenters. The highest BCUT2D eigenvalue weighted by Crippen LogP contribution is 2.34. The van der Waals surface area contributed by atoms with Gasteiger partial charge in [0.2, 0.25) is 5.91 Å². The first-order valence-corrected chi connectivity index (χ1v) is 7.45. The third-order valence-electron chi connectivity index (χ3n) is 4.45. The van der Waals surface area contributed by atoms with Gasteiger partial charge in [-0.1, -0.05) is 27.7 Å². The molecule has 0 bridgehead atoms. The lowest BCUT2D eigenvalue weighted by Gasteiger charge is -2.39. The van der Waals surface area contributed by atoms with Crippen LogP contribution in [0.25, 0.3) is 0 Å². The summed E-state index contributed by atoms with van der Waals surface area (Å²) < 4.78 is 0. The zero-order chi connectivity index (χ0) is 15.4. The second-order valence-corrected chi connectivity index (χ2v) is 6.87. The second-order valence-electron chi connectivity index (χ2n) is 6.87. The SMILES string of the molecule is CCC1(C(=O)NC(CC(=O)O)C(C)(C)C)CCNCC1. The van der Waals surface area contributed by atoms with Gasteiger partial charge < -0.3 is 15.7 Å². The molecule has 1 amide bonds. The van der Waals surface area contributed by atoms with E-state index in [2.05, 4.69) is 10.6 Å². The zero-order valence-corrected chi connectivity index (χ0v) is 13.1. The van der Waals surface area contributed by atoms with E-state index in [1.807, 2.05) is 27.7 Å². The maximum Gasteiger partial charge on any atom is 0.305 e. The predicted molar refractivity (Wildman–Crippen MR) is 78.5 cm³/mol. The monoisotopic (exact) mass is 284 g/mol. The molecule has 1 unspecified atom stereocenters. The fourth-order valence-corrected chi connectivity index (χ4v) is 2.71. The Labute approximate surface area is 121 Å². The zero-order valence-electron chi connectivity index (χ0n) is 13.1. The number of nitrogens with one attached hydrogen (secondary N) is 2. The third kappa shape index (κ3) is 4.20. The van der Waals surface area contributed by atoms with E-state index in [0.717, 1.165) is 32.4 Å². The number of hydrogen-bond donors (Lipinski definition) is 3. The maximum atomic E-state index is 12.7. The number of rotatable bonds is 5. The van der Waals surface area contributed by atoms with Crippen molar-refractivity contribution in [3.63, 3.8) is 0 Å². The fourth-order valence-electron chi connectivity index (χ4n) is 2.71. The molecule has 1 fully saturated rings. The first-order valence-electron chi connectivity index (χ1n) is 7.45. The van der Waals surface area contributed by atoms with Crippen molar-refractivity contribution < 1.29 is 14.7 Å². The molecule has 5 heteroatoms. The second kappa shape index (κ2) is 6.57. The van der Waals surface area contributed by atoms with E-state index in [1.54, 1.807) is 0 Å². The van der Waals surface area contributed by atoms with Crippen LogP contribution in [0, 0.1) is 10.8 Å². The van der Waals surface area contributed by atoms with Gasteiger partial charge in [-0.15, -0.1) is 0 Å². The first-order chi connectivity index (χ1) is 9.21. The number of aliphatic carboxylic acids is 1. The van der Waals surface area contributed by atoms with E-state index >= 15 is 0 Å². The highest BCUT2D eigenvalue weighted by atomic mass is 16.4. The summed E-state index contributed by atoms with van der Waals surface area (Å²) >= 11 is 0. The molecule has 0 aromatic heterocycles.